The van der Waals surface area contributed by atoms with Gasteiger partial charge in [-0.3, -0.25) is 4.79 Å². The van der Waals surface area contributed by atoms with Gasteiger partial charge in [0.15, 0.2) is 0 Å². The van der Waals surface area contributed by atoms with Gasteiger partial charge in [0.2, 0.25) is 10.0 Å². The highest BCUT2D eigenvalue weighted by molar-refractivity contribution is 7.89. The lowest BCUT2D eigenvalue weighted by Crippen LogP contribution is -2.44. The van der Waals surface area contributed by atoms with Crippen molar-refractivity contribution in [1.29, 1.82) is 0 Å². The molecule has 2 saturated carbocycles. The van der Waals surface area contributed by atoms with Crippen molar-refractivity contribution in [2.75, 3.05) is 12.3 Å². The summed E-state index contributed by atoms with van der Waals surface area (Å²) in [5.41, 5.74) is -0.0465. The maximum Gasteiger partial charge on any atom is 0.322 e. The molecular weight excluding hydrogens is 266 g/mol. The fourth-order valence-corrected chi connectivity index (χ4v) is 6.64. The van der Waals surface area contributed by atoms with E-state index >= 15 is 0 Å². The maximum atomic E-state index is 12.5. The quantitative estimate of drug-likeness (QED) is 0.849. The predicted molar refractivity (Wildman–Crippen MR) is 70.2 cm³/mol. The van der Waals surface area contributed by atoms with E-state index in [-0.39, 0.29) is 11.2 Å². The van der Waals surface area contributed by atoms with Gasteiger partial charge < -0.3 is 5.11 Å². The van der Waals surface area contributed by atoms with Crippen molar-refractivity contribution in [3.8, 4) is 0 Å². The molecule has 0 radical (unpaired) electrons. The van der Waals surface area contributed by atoms with Crippen LogP contribution in [0.4, 0.5) is 0 Å². The Balaban J connectivity index is 1.77. The molecule has 3 rings (SSSR count). The highest BCUT2D eigenvalue weighted by Crippen LogP contribution is 2.55. The van der Waals surface area contributed by atoms with Crippen LogP contribution in [0.1, 0.15) is 44.9 Å². The molecule has 0 amide bonds. The summed E-state index contributed by atoms with van der Waals surface area (Å²) in [5, 5.41) is 9.13. The zero-order chi connectivity index (χ0) is 13.7. The number of sulfonamides is 1. The monoisotopic (exact) mass is 287 g/mol. The van der Waals surface area contributed by atoms with Crippen molar-refractivity contribution in [2.24, 2.45) is 11.3 Å². The van der Waals surface area contributed by atoms with E-state index < -0.39 is 22.0 Å². The van der Waals surface area contributed by atoms with Gasteiger partial charge in [0.25, 0.3) is 0 Å². The third-order valence-electron chi connectivity index (χ3n) is 5.22. The first-order chi connectivity index (χ1) is 8.92. The summed E-state index contributed by atoms with van der Waals surface area (Å²) in [6, 6.07) is -0.833. The summed E-state index contributed by atoms with van der Waals surface area (Å²) in [7, 11) is -3.43. The number of nitrogens with zero attached hydrogens (tertiary/aromatic N) is 1. The molecule has 1 atom stereocenters. The topological polar surface area (TPSA) is 74.7 Å². The molecule has 1 heterocycles. The van der Waals surface area contributed by atoms with Gasteiger partial charge in [0.1, 0.15) is 6.04 Å². The third kappa shape index (κ3) is 2.29. The molecule has 6 heteroatoms. The summed E-state index contributed by atoms with van der Waals surface area (Å²) < 4.78 is 26.3. The molecule has 108 valence electrons. The van der Waals surface area contributed by atoms with E-state index in [1.54, 1.807) is 0 Å². The van der Waals surface area contributed by atoms with Crippen LogP contribution in [0.25, 0.3) is 0 Å². The average Bonchev–Trinajstić information content (AvgIpc) is 3.02. The molecule has 1 N–H and O–H groups in total. The molecule has 1 aliphatic heterocycles. The van der Waals surface area contributed by atoms with Crippen molar-refractivity contribution in [3.05, 3.63) is 0 Å². The molecule has 3 aliphatic rings. The maximum absolute atomic E-state index is 12.5. The van der Waals surface area contributed by atoms with Gasteiger partial charge in [-0.05, 0) is 56.3 Å². The van der Waals surface area contributed by atoms with Gasteiger partial charge in [0, 0.05) is 6.54 Å². The highest BCUT2D eigenvalue weighted by Gasteiger charge is 2.49. The number of carboxylic acid groups (broad SMARTS) is 1. The average molecular weight is 287 g/mol. The molecule has 2 bridgehead atoms. The Morgan fingerprint density at radius 2 is 1.95 bits per heavy atom. The molecule has 2 aliphatic carbocycles. The summed E-state index contributed by atoms with van der Waals surface area (Å²) in [4.78, 5) is 11.1. The number of hydrogen-bond donors (Lipinski definition) is 1. The van der Waals surface area contributed by atoms with E-state index in [2.05, 4.69) is 0 Å². The third-order valence-corrected chi connectivity index (χ3v) is 7.35. The van der Waals surface area contributed by atoms with Crippen molar-refractivity contribution in [1.82, 2.24) is 4.31 Å². The molecule has 1 saturated heterocycles. The van der Waals surface area contributed by atoms with Gasteiger partial charge in [-0.25, -0.2) is 8.42 Å². The Morgan fingerprint density at radius 1 is 1.26 bits per heavy atom. The largest absolute Gasteiger partial charge is 0.480 e. The number of fused-ring (bicyclic) bond motifs is 2. The standard InChI is InChI=1S/C13H21NO4S/c15-12(16)11-2-1-7-14(11)19(17,18)9-13-5-3-10(8-13)4-6-13/h10-11H,1-9H2,(H,15,16). The Labute approximate surface area is 114 Å². The predicted octanol–water partition coefficient (Wildman–Crippen LogP) is 1.45. The number of carboxylic acids is 1. The van der Waals surface area contributed by atoms with E-state index in [0.29, 0.717) is 25.3 Å². The summed E-state index contributed by atoms with van der Waals surface area (Å²) >= 11 is 0. The zero-order valence-corrected chi connectivity index (χ0v) is 11.9. The van der Waals surface area contributed by atoms with Crippen LogP contribution in [-0.4, -0.2) is 42.1 Å². The van der Waals surface area contributed by atoms with Crippen molar-refractivity contribution >= 4 is 16.0 Å². The second kappa shape index (κ2) is 4.45. The lowest BCUT2D eigenvalue weighted by molar-refractivity contribution is -0.140. The second-order valence-electron chi connectivity index (χ2n) is 6.51. The molecule has 3 fully saturated rings. The first kappa shape index (κ1) is 13.4. The fourth-order valence-electron chi connectivity index (χ4n) is 4.30. The molecule has 0 spiro atoms. The summed E-state index contributed by atoms with van der Waals surface area (Å²) in [5.74, 6) is -0.126. The molecule has 5 nitrogen and oxygen atoms in total. The zero-order valence-electron chi connectivity index (χ0n) is 11.0. The number of rotatable bonds is 4. The molecule has 19 heavy (non-hydrogen) atoms. The minimum absolute atomic E-state index is 0.0465. The van der Waals surface area contributed by atoms with Crippen molar-refractivity contribution in [3.63, 3.8) is 0 Å². The van der Waals surface area contributed by atoms with E-state index in [1.165, 1.54) is 4.31 Å². The van der Waals surface area contributed by atoms with Crippen LogP contribution in [-0.2, 0) is 14.8 Å². The van der Waals surface area contributed by atoms with Crippen molar-refractivity contribution in [2.45, 2.75) is 51.0 Å². The first-order valence-corrected chi connectivity index (χ1v) is 8.75. The van der Waals surface area contributed by atoms with Gasteiger partial charge in [0.05, 0.1) is 5.75 Å². The van der Waals surface area contributed by atoms with Crippen LogP contribution in [0.15, 0.2) is 0 Å². The van der Waals surface area contributed by atoms with Gasteiger partial charge in [-0.15, -0.1) is 0 Å². The summed E-state index contributed by atoms with van der Waals surface area (Å²) in [6.45, 7) is 0.374. The molecule has 0 aromatic heterocycles. The molecule has 1 unspecified atom stereocenters. The van der Waals surface area contributed by atoms with Gasteiger partial charge >= 0.3 is 5.97 Å². The Bertz CT molecular complexity index is 479. The smallest absolute Gasteiger partial charge is 0.322 e. The van der Waals surface area contributed by atoms with E-state index in [0.717, 1.165) is 32.1 Å². The van der Waals surface area contributed by atoms with E-state index in [1.807, 2.05) is 0 Å². The van der Waals surface area contributed by atoms with Crippen LogP contribution in [0, 0.1) is 11.3 Å². The van der Waals surface area contributed by atoms with E-state index in [4.69, 9.17) is 5.11 Å². The molecule has 0 aromatic carbocycles. The normalized spacial score (nSPS) is 38.9. The fraction of sp³-hybridized carbons (Fsp3) is 0.923. The van der Waals surface area contributed by atoms with Gasteiger partial charge in [-0.2, -0.15) is 4.31 Å². The minimum Gasteiger partial charge on any atom is -0.480 e. The SMILES string of the molecule is O=C(O)C1CCCN1S(=O)(=O)CC12CCC(CC1)C2. The number of hydrogen-bond acceptors (Lipinski definition) is 3. The van der Waals surface area contributed by atoms with E-state index in [9.17, 15) is 13.2 Å². The Hall–Kier alpha value is -0.620. The summed E-state index contributed by atoms with van der Waals surface area (Å²) in [6.07, 6.45) is 6.44. The first-order valence-electron chi connectivity index (χ1n) is 7.14. The van der Waals surface area contributed by atoms with Crippen LogP contribution in [0.5, 0.6) is 0 Å². The van der Waals surface area contributed by atoms with Gasteiger partial charge in [-0.1, -0.05) is 0 Å². The highest BCUT2D eigenvalue weighted by atomic mass is 32.2. The lowest BCUT2D eigenvalue weighted by Gasteiger charge is -2.30. The Morgan fingerprint density at radius 3 is 2.47 bits per heavy atom. The number of carbonyl (C=O) groups is 1. The van der Waals surface area contributed by atoms with Crippen LogP contribution in [0.3, 0.4) is 0 Å². The minimum atomic E-state index is -3.43. The van der Waals surface area contributed by atoms with Crippen LogP contribution >= 0.6 is 0 Å². The van der Waals surface area contributed by atoms with Crippen LogP contribution in [0.2, 0.25) is 0 Å². The number of aliphatic carboxylic acids is 1. The Kier molecular flexibility index (Phi) is 3.13. The second-order valence-corrected chi connectivity index (χ2v) is 8.43. The molecular formula is C13H21NO4S. The van der Waals surface area contributed by atoms with Crippen molar-refractivity contribution < 1.29 is 18.3 Å². The molecule has 0 aromatic rings. The van der Waals surface area contributed by atoms with Crippen LogP contribution < -0.4 is 0 Å². The lowest BCUT2D eigenvalue weighted by atomic mass is 9.87.